The fourth-order valence-corrected chi connectivity index (χ4v) is 2.84. The van der Waals surface area contributed by atoms with Crippen molar-refractivity contribution in [3.63, 3.8) is 0 Å². The summed E-state index contributed by atoms with van der Waals surface area (Å²) >= 11 is 0. The zero-order valence-corrected chi connectivity index (χ0v) is 13.6. The Balaban J connectivity index is 2.47. The average Bonchev–Trinajstić information content (AvgIpc) is 2.82. The van der Waals surface area contributed by atoms with Crippen molar-refractivity contribution in [1.82, 2.24) is 4.72 Å². The highest BCUT2D eigenvalue weighted by Gasteiger charge is 2.33. The fraction of sp³-hybridized carbons (Fsp3) is 0.375. The van der Waals surface area contributed by atoms with Crippen molar-refractivity contribution in [1.29, 1.82) is 0 Å². The van der Waals surface area contributed by atoms with Crippen LogP contribution in [0.15, 0.2) is 47.1 Å². The molecule has 0 amide bonds. The van der Waals surface area contributed by atoms with Crippen molar-refractivity contribution in [2.75, 3.05) is 0 Å². The van der Waals surface area contributed by atoms with Gasteiger partial charge in [0.1, 0.15) is 11.8 Å². The molecule has 1 aromatic carbocycles. The molecule has 0 aliphatic rings. The third kappa shape index (κ3) is 3.36. The van der Waals surface area contributed by atoms with E-state index in [2.05, 4.69) is 4.72 Å². The van der Waals surface area contributed by atoms with Gasteiger partial charge in [0.25, 0.3) is 0 Å². The second-order valence-electron chi connectivity index (χ2n) is 6.05. The minimum atomic E-state index is -3.50. The highest BCUT2D eigenvalue weighted by Crippen LogP contribution is 2.28. The summed E-state index contributed by atoms with van der Waals surface area (Å²) in [5.41, 5.74) is 1.77. The van der Waals surface area contributed by atoms with Crippen LogP contribution in [0.4, 0.5) is 0 Å². The van der Waals surface area contributed by atoms with Gasteiger partial charge >= 0.3 is 0 Å². The monoisotopic (exact) mass is 307 g/mol. The van der Waals surface area contributed by atoms with E-state index in [9.17, 15) is 8.42 Å². The highest BCUT2D eigenvalue weighted by atomic mass is 32.2. The Kier molecular flexibility index (Phi) is 4.25. The Morgan fingerprint density at radius 2 is 1.71 bits per heavy atom. The molecule has 0 aliphatic heterocycles. The summed E-state index contributed by atoms with van der Waals surface area (Å²) in [6.07, 6.45) is 1.58. The van der Waals surface area contributed by atoms with E-state index in [-0.39, 0.29) is 0 Å². The second-order valence-corrected chi connectivity index (χ2v) is 8.51. The van der Waals surface area contributed by atoms with Crippen molar-refractivity contribution in [3.8, 4) is 0 Å². The maximum absolute atomic E-state index is 12.5. The summed E-state index contributed by atoms with van der Waals surface area (Å²) in [6, 6.07) is 10.7. The summed E-state index contributed by atoms with van der Waals surface area (Å²) in [4.78, 5) is 0. The van der Waals surface area contributed by atoms with Crippen LogP contribution in [0.1, 0.15) is 43.7 Å². The average molecular weight is 307 g/mol. The molecule has 0 saturated heterocycles. The highest BCUT2D eigenvalue weighted by molar-refractivity contribution is 7.90. The molecular weight excluding hydrogens is 286 g/mol. The van der Waals surface area contributed by atoms with Gasteiger partial charge in [-0.15, -0.1) is 0 Å². The third-order valence-corrected chi connectivity index (χ3v) is 5.53. The van der Waals surface area contributed by atoms with Gasteiger partial charge in [-0.1, -0.05) is 30.3 Å². The van der Waals surface area contributed by atoms with E-state index >= 15 is 0 Å². The largest absolute Gasteiger partial charge is 0.467 e. The molecule has 1 aromatic heterocycles. The van der Waals surface area contributed by atoms with Gasteiger partial charge in [0.2, 0.25) is 10.0 Å². The molecule has 2 rings (SSSR count). The van der Waals surface area contributed by atoms with E-state index in [1.165, 1.54) is 0 Å². The van der Waals surface area contributed by atoms with Crippen LogP contribution in [-0.4, -0.2) is 13.2 Å². The van der Waals surface area contributed by atoms with E-state index in [0.717, 1.165) is 11.1 Å². The zero-order valence-electron chi connectivity index (χ0n) is 12.8. The smallest absolute Gasteiger partial charge is 0.217 e. The normalized spacial score (nSPS) is 14.1. The van der Waals surface area contributed by atoms with E-state index in [4.69, 9.17) is 4.42 Å². The first-order valence-electron chi connectivity index (χ1n) is 6.83. The van der Waals surface area contributed by atoms with Gasteiger partial charge in [0.05, 0.1) is 11.0 Å². The molecule has 5 heteroatoms. The van der Waals surface area contributed by atoms with Gasteiger partial charge in [-0.05, 0) is 44.9 Å². The molecule has 0 spiro atoms. The lowest BCUT2D eigenvalue weighted by atomic mass is 10.0. The van der Waals surface area contributed by atoms with Gasteiger partial charge in [-0.25, -0.2) is 8.42 Å². The number of hydrogen-bond acceptors (Lipinski definition) is 3. The molecule has 2 aromatic rings. The zero-order chi connectivity index (χ0) is 15.7. The van der Waals surface area contributed by atoms with Crippen molar-refractivity contribution in [2.45, 2.75) is 38.5 Å². The van der Waals surface area contributed by atoms with E-state index < -0.39 is 20.8 Å². The lowest BCUT2D eigenvalue weighted by molar-refractivity contribution is 0.463. The number of sulfonamides is 1. The predicted octanol–water partition coefficient (Wildman–Crippen LogP) is 3.40. The van der Waals surface area contributed by atoms with Crippen LogP contribution in [0.5, 0.6) is 0 Å². The molecule has 114 valence electrons. The Morgan fingerprint density at radius 3 is 2.19 bits per heavy atom. The van der Waals surface area contributed by atoms with Crippen molar-refractivity contribution < 1.29 is 12.8 Å². The first-order valence-corrected chi connectivity index (χ1v) is 8.31. The first kappa shape index (κ1) is 15.8. The molecule has 1 N–H and O–H groups in total. The van der Waals surface area contributed by atoms with E-state index in [1.807, 2.05) is 43.3 Å². The van der Waals surface area contributed by atoms with Gasteiger partial charge in [0, 0.05) is 0 Å². The molecule has 0 saturated carbocycles. The number of furan rings is 1. The van der Waals surface area contributed by atoms with Crippen LogP contribution in [0, 0.1) is 6.92 Å². The Morgan fingerprint density at radius 1 is 1.10 bits per heavy atom. The summed E-state index contributed by atoms with van der Waals surface area (Å²) in [5.74, 6) is 0.619. The lowest BCUT2D eigenvalue weighted by Gasteiger charge is -2.25. The van der Waals surface area contributed by atoms with Crippen LogP contribution in [0.25, 0.3) is 0 Å². The molecule has 4 nitrogen and oxygen atoms in total. The van der Waals surface area contributed by atoms with Gasteiger partial charge in [-0.2, -0.15) is 4.72 Å². The maximum Gasteiger partial charge on any atom is 0.217 e. The Hall–Kier alpha value is -1.59. The molecule has 1 heterocycles. The molecular formula is C16H21NO3S. The topological polar surface area (TPSA) is 59.3 Å². The number of rotatable bonds is 4. The summed E-state index contributed by atoms with van der Waals surface area (Å²) in [6.45, 7) is 6.92. The van der Waals surface area contributed by atoms with Crippen LogP contribution >= 0.6 is 0 Å². The molecule has 0 aliphatic carbocycles. The minimum Gasteiger partial charge on any atom is -0.467 e. The van der Waals surface area contributed by atoms with Crippen molar-refractivity contribution in [3.05, 3.63) is 59.5 Å². The fourth-order valence-electron chi connectivity index (χ4n) is 1.93. The minimum absolute atomic E-state index is 0.523. The van der Waals surface area contributed by atoms with Crippen LogP contribution < -0.4 is 4.72 Å². The third-order valence-electron chi connectivity index (χ3n) is 3.38. The van der Waals surface area contributed by atoms with Crippen molar-refractivity contribution in [2.24, 2.45) is 0 Å². The number of aryl methyl sites for hydroxylation is 1. The Labute approximate surface area is 126 Å². The molecule has 0 unspecified atom stereocenters. The van der Waals surface area contributed by atoms with Crippen LogP contribution in [0.2, 0.25) is 0 Å². The maximum atomic E-state index is 12.5. The first-order chi connectivity index (χ1) is 9.72. The predicted molar refractivity (Wildman–Crippen MR) is 83.5 cm³/mol. The number of nitrogens with one attached hydrogen (secondary N) is 1. The molecule has 0 fully saturated rings. The number of hydrogen-bond donors (Lipinski definition) is 1. The molecule has 1 atom stereocenters. The van der Waals surface area contributed by atoms with Gasteiger partial charge in [0.15, 0.2) is 0 Å². The quantitative estimate of drug-likeness (QED) is 0.942. The Bertz CT molecular complexity index is 697. The molecule has 0 bridgehead atoms. The molecule has 0 radical (unpaired) electrons. The van der Waals surface area contributed by atoms with Gasteiger partial charge in [-0.3, -0.25) is 0 Å². The van der Waals surface area contributed by atoms with E-state index in [1.54, 1.807) is 27.0 Å². The lowest BCUT2D eigenvalue weighted by Crippen LogP contribution is -2.41. The summed E-state index contributed by atoms with van der Waals surface area (Å²) < 4.78 is 32.4. The molecule has 21 heavy (non-hydrogen) atoms. The van der Waals surface area contributed by atoms with E-state index in [0.29, 0.717) is 5.76 Å². The van der Waals surface area contributed by atoms with Crippen LogP contribution in [0.3, 0.4) is 0 Å². The van der Waals surface area contributed by atoms with Gasteiger partial charge < -0.3 is 4.42 Å². The SMILES string of the molecule is Cc1ccoc1[C@@H](NS(=O)(=O)C(C)(C)C)c1ccccc1. The number of benzene rings is 1. The van der Waals surface area contributed by atoms with Crippen LogP contribution in [-0.2, 0) is 10.0 Å². The standard InChI is InChI=1S/C16H21NO3S/c1-12-10-11-20-15(12)14(13-8-6-5-7-9-13)17-21(18,19)16(2,3)4/h5-11,14,17H,1-4H3/t14-/m0/s1. The second kappa shape index (κ2) is 5.66. The summed E-state index contributed by atoms with van der Waals surface area (Å²) in [5, 5.41) is 0. The van der Waals surface area contributed by atoms with Crippen molar-refractivity contribution >= 4 is 10.0 Å². The summed E-state index contributed by atoms with van der Waals surface area (Å²) in [7, 11) is -3.50.